The molecule has 2 unspecified atom stereocenters. The lowest BCUT2D eigenvalue weighted by atomic mass is 10.0. The Labute approximate surface area is 106 Å². The third-order valence-electron chi connectivity index (χ3n) is 3.57. The highest BCUT2D eigenvalue weighted by Gasteiger charge is 2.19. The van der Waals surface area contributed by atoms with Crippen LogP contribution in [0.25, 0.3) is 0 Å². The van der Waals surface area contributed by atoms with Crippen LogP contribution in [0.2, 0.25) is 0 Å². The molecule has 2 aliphatic rings. The van der Waals surface area contributed by atoms with Crippen LogP contribution < -0.4 is 9.47 Å². The topological polar surface area (TPSA) is 47.9 Å². The lowest BCUT2D eigenvalue weighted by molar-refractivity contribution is 0.0812. The largest absolute Gasteiger partial charge is 0.454 e. The summed E-state index contributed by atoms with van der Waals surface area (Å²) in [5.74, 6) is 1.48. The van der Waals surface area contributed by atoms with E-state index in [0.29, 0.717) is 6.10 Å². The molecule has 0 saturated carbocycles. The van der Waals surface area contributed by atoms with Gasteiger partial charge in [-0.3, -0.25) is 0 Å². The van der Waals surface area contributed by atoms with Crippen LogP contribution in [0.1, 0.15) is 37.4 Å². The maximum atomic E-state index is 10.2. The van der Waals surface area contributed by atoms with Gasteiger partial charge in [0.2, 0.25) is 6.79 Å². The van der Waals surface area contributed by atoms with Crippen molar-refractivity contribution in [1.82, 2.24) is 0 Å². The quantitative estimate of drug-likeness (QED) is 0.891. The van der Waals surface area contributed by atoms with Gasteiger partial charge in [0, 0.05) is 6.61 Å². The molecular formula is C14H18O4. The molecule has 1 fully saturated rings. The number of hydrogen-bond donors (Lipinski definition) is 1. The molecule has 1 saturated heterocycles. The summed E-state index contributed by atoms with van der Waals surface area (Å²) in [6, 6.07) is 5.61. The minimum atomic E-state index is -0.455. The van der Waals surface area contributed by atoms with Crippen molar-refractivity contribution in [2.24, 2.45) is 0 Å². The van der Waals surface area contributed by atoms with Crippen LogP contribution in [0.3, 0.4) is 0 Å². The summed E-state index contributed by atoms with van der Waals surface area (Å²) in [7, 11) is 0. The molecule has 2 aliphatic heterocycles. The van der Waals surface area contributed by atoms with Gasteiger partial charge in [0.15, 0.2) is 11.5 Å². The van der Waals surface area contributed by atoms with Gasteiger partial charge in [-0.05, 0) is 43.4 Å². The van der Waals surface area contributed by atoms with Crippen molar-refractivity contribution >= 4 is 0 Å². The van der Waals surface area contributed by atoms with Gasteiger partial charge in [-0.15, -0.1) is 0 Å². The fraction of sp³-hybridized carbons (Fsp3) is 0.571. The summed E-state index contributed by atoms with van der Waals surface area (Å²) in [5.41, 5.74) is 0.886. The molecule has 0 aromatic heterocycles. The van der Waals surface area contributed by atoms with Crippen molar-refractivity contribution in [2.75, 3.05) is 13.4 Å². The summed E-state index contributed by atoms with van der Waals surface area (Å²) in [5, 5.41) is 10.2. The van der Waals surface area contributed by atoms with Crippen LogP contribution in [0, 0.1) is 0 Å². The first-order valence-electron chi connectivity index (χ1n) is 6.52. The number of benzene rings is 1. The van der Waals surface area contributed by atoms with Crippen molar-refractivity contribution in [2.45, 2.75) is 37.9 Å². The van der Waals surface area contributed by atoms with E-state index in [1.165, 1.54) is 0 Å². The molecule has 0 amide bonds. The highest BCUT2D eigenvalue weighted by molar-refractivity contribution is 5.45. The van der Waals surface area contributed by atoms with Gasteiger partial charge in [0.1, 0.15) is 0 Å². The van der Waals surface area contributed by atoms with Crippen LogP contribution >= 0.6 is 0 Å². The molecule has 0 bridgehead atoms. The molecule has 4 nitrogen and oxygen atoms in total. The monoisotopic (exact) mass is 250 g/mol. The van der Waals surface area contributed by atoms with Gasteiger partial charge >= 0.3 is 0 Å². The molecule has 2 atom stereocenters. The minimum absolute atomic E-state index is 0.269. The molecule has 0 radical (unpaired) electrons. The zero-order valence-corrected chi connectivity index (χ0v) is 10.3. The van der Waals surface area contributed by atoms with Crippen molar-refractivity contribution in [1.29, 1.82) is 0 Å². The number of fused-ring (bicyclic) bond motifs is 1. The van der Waals surface area contributed by atoms with Crippen LogP contribution in [0.5, 0.6) is 11.5 Å². The number of rotatable bonds is 4. The van der Waals surface area contributed by atoms with Gasteiger partial charge in [0.25, 0.3) is 0 Å². The van der Waals surface area contributed by atoms with Crippen molar-refractivity contribution < 1.29 is 19.3 Å². The van der Waals surface area contributed by atoms with Gasteiger partial charge < -0.3 is 19.3 Å². The molecule has 18 heavy (non-hydrogen) atoms. The Kier molecular flexibility index (Phi) is 3.39. The SMILES string of the molecule is OC(CCC1CCCO1)c1ccc2c(c1)OCO2. The first-order chi connectivity index (χ1) is 8.83. The molecule has 1 N–H and O–H groups in total. The predicted octanol–water partition coefficient (Wildman–Crippen LogP) is 2.41. The molecule has 4 heteroatoms. The Morgan fingerprint density at radius 1 is 1.28 bits per heavy atom. The lowest BCUT2D eigenvalue weighted by Gasteiger charge is -2.14. The summed E-state index contributed by atoms with van der Waals surface area (Å²) in [6.45, 7) is 1.13. The minimum Gasteiger partial charge on any atom is -0.454 e. The Bertz CT molecular complexity index is 412. The second kappa shape index (κ2) is 5.16. The average Bonchev–Trinajstić information content (AvgIpc) is 3.05. The fourth-order valence-corrected chi connectivity index (χ4v) is 2.50. The second-order valence-corrected chi connectivity index (χ2v) is 4.84. The van der Waals surface area contributed by atoms with Crippen LogP contribution in [0.4, 0.5) is 0 Å². The van der Waals surface area contributed by atoms with Gasteiger partial charge in [-0.25, -0.2) is 0 Å². The van der Waals surface area contributed by atoms with E-state index in [1.807, 2.05) is 18.2 Å². The highest BCUT2D eigenvalue weighted by atomic mass is 16.7. The van der Waals surface area contributed by atoms with E-state index in [1.54, 1.807) is 0 Å². The molecule has 1 aromatic carbocycles. The van der Waals surface area contributed by atoms with E-state index >= 15 is 0 Å². The molecule has 1 aromatic rings. The normalized spacial score (nSPS) is 23.3. The van der Waals surface area contributed by atoms with Gasteiger partial charge in [-0.2, -0.15) is 0 Å². The van der Waals surface area contributed by atoms with E-state index in [-0.39, 0.29) is 6.79 Å². The predicted molar refractivity (Wildman–Crippen MR) is 65.7 cm³/mol. The summed E-state index contributed by atoms with van der Waals surface area (Å²) < 4.78 is 16.1. The zero-order valence-electron chi connectivity index (χ0n) is 10.3. The first kappa shape index (κ1) is 11.8. The number of aliphatic hydroxyl groups is 1. The van der Waals surface area contributed by atoms with E-state index < -0.39 is 6.10 Å². The van der Waals surface area contributed by atoms with E-state index in [9.17, 15) is 5.11 Å². The number of hydrogen-bond acceptors (Lipinski definition) is 4. The molecular weight excluding hydrogens is 232 g/mol. The van der Waals surface area contributed by atoms with Gasteiger partial charge in [0.05, 0.1) is 12.2 Å². The molecule has 0 aliphatic carbocycles. The van der Waals surface area contributed by atoms with E-state index in [4.69, 9.17) is 14.2 Å². The van der Waals surface area contributed by atoms with Crippen LogP contribution in [-0.2, 0) is 4.74 Å². The molecule has 3 rings (SSSR count). The smallest absolute Gasteiger partial charge is 0.231 e. The maximum absolute atomic E-state index is 10.2. The Morgan fingerprint density at radius 3 is 3.00 bits per heavy atom. The lowest BCUT2D eigenvalue weighted by Crippen LogP contribution is -2.07. The van der Waals surface area contributed by atoms with E-state index in [0.717, 1.165) is 49.4 Å². The maximum Gasteiger partial charge on any atom is 0.231 e. The summed E-state index contributed by atoms with van der Waals surface area (Å²) in [4.78, 5) is 0. The Morgan fingerprint density at radius 2 is 2.17 bits per heavy atom. The van der Waals surface area contributed by atoms with Crippen molar-refractivity contribution in [3.63, 3.8) is 0 Å². The van der Waals surface area contributed by atoms with Gasteiger partial charge in [-0.1, -0.05) is 6.07 Å². The third-order valence-corrected chi connectivity index (χ3v) is 3.57. The van der Waals surface area contributed by atoms with Crippen molar-refractivity contribution in [3.05, 3.63) is 23.8 Å². The second-order valence-electron chi connectivity index (χ2n) is 4.84. The standard InChI is InChI=1S/C14H18O4/c15-12(5-4-11-2-1-7-16-11)10-3-6-13-14(8-10)18-9-17-13/h3,6,8,11-12,15H,1-2,4-5,7,9H2. The number of ether oxygens (including phenoxy) is 3. The Balaban J connectivity index is 1.59. The highest BCUT2D eigenvalue weighted by Crippen LogP contribution is 2.35. The van der Waals surface area contributed by atoms with Crippen molar-refractivity contribution in [3.8, 4) is 11.5 Å². The number of aliphatic hydroxyl groups excluding tert-OH is 1. The zero-order chi connectivity index (χ0) is 12.4. The molecule has 0 spiro atoms. The molecule has 98 valence electrons. The van der Waals surface area contributed by atoms with Crippen LogP contribution in [-0.4, -0.2) is 24.6 Å². The Hall–Kier alpha value is -1.26. The average molecular weight is 250 g/mol. The summed E-state index contributed by atoms with van der Waals surface area (Å²) in [6.07, 6.45) is 3.77. The van der Waals surface area contributed by atoms with E-state index in [2.05, 4.69) is 0 Å². The fourth-order valence-electron chi connectivity index (χ4n) is 2.50. The third kappa shape index (κ3) is 2.44. The molecule has 2 heterocycles. The summed E-state index contributed by atoms with van der Waals surface area (Å²) >= 11 is 0. The first-order valence-corrected chi connectivity index (χ1v) is 6.52. The van der Waals surface area contributed by atoms with Crippen LogP contribution in [0.15, 0.2) is 18.2 Å².